The molecule has 0 aromatic carbocycles. The number of likely N-dealkylation sites (tertiary alicyclic amines) is 1. The van der Waals surface area contributed by atoms with Crippen LogP contribution in [-0.4, -0.2) is 61.9 Å². The zero-order valence-electron chi connectivity index (χ0n) is 18.5. The maximum Gasteiger partial charge on any atom is 0.220 e. The monoisotopic (exact) mass is 394 g/mol. The summed E-state index contributed by atoms with van der Waals surface area (Å²) in [5, 5.41) is 3.18. The number of nitrogens with one attached hydrogen (secondary N) is 1. The summed E-state index contributed by atoms with van der Waals surface area (Å²) >= 11 is 0. The number of nitrogens with zero attached hydrogens (tertiary/aromatic N) is 1. The van der Waals surface area contributed by atoms with Crippen molar-refractivity contribution in [3.8, 4) is 0 Å². The first kappa shape index (κ1) is 22.0. The molecule has 2 heterocycles. The van der Waals surface area contributed by atoms with E-state index in [-0.39, 0.29) is 17.6 Å². The standard InChI is InChI=1S/C23H42N2O3/c1-17(2)9-13-27-18(3)21-14-19(7-10-23(21)16-28-23)15-22(26)24-11-8-20-6-5-12-25(20)4/h17-21H,5-16H2,1-4H3,(H,24,26). The van der Waals surface area contributed by atoms with Gasteiger partial charge in [-0.2, -0.15) is 0 Å². The molecule has 1 N–H and O–H groups in total. The summed E-state index contributed by atoms with van der Waals surface area (Å²) in [6, 6.07) is 0.648. The molecule has 3 aliphatic rings. The predicted molar refractivity (Wildman–Crippen MR) is 112 cm³/mol. The van der Waals surface area contributed by atoms with Crippen molar-refractivity contribution in [2.24, 2.45) is 17.8 Å². The van der Waals surface area contributed by atoms with Crippen LogP contribution in [0.15, 0.2) is 0 Å². The Bertz CT molecular complexity index is 506. The van der Waals surface area contributed by atoms with E-state index in [1.165, 1.54) is 19.4 Å². The van der Waals surface area contributed by atoms with Crippen molar-refractivity contribution in [3.63, 3.8) is 0 Å². The van der Waals surface area contributed by atoms with Crippen LogP contribution in [0.4, 0.5) is 0 Å². The first-order chi connectivity index (χ1) is 13.4. The van der Waals surface area contributed by atoms with E-state index in [9.17, 15) is 4.79 Å². The van der Waals surface area contributed by atoms with Gasteiger partial charge in [0.25, 0.3) is 0 Å². The second kappa shape index (κ2) is 9.90. The van der Waals surface area contributed by atoms with Gasteiger partial charge in [-0.3, -0.25) is 4.79 Å². The molecule has 1 saturated carbocycles. The first-order valence-electron chi connectivity index (χ1n) is 11.6. The molecule has 3 rings (SSSR count). The molecule has 2 aliphatic heterocycles. The number of rotatable bonds is 10. The highest BCUT2D eigenvalue weighted by Gasteiger charge is 2.56. The van der Waals surface area contributed by atoms with Gasteiger partial charge in [-0.1, -0.05) is 13.8 Å². The lowest BCUT2D eigenvalue weighted by atomic mass is 9.71. The van der Waals surface area contributed by atoms with Gasteiger partial charge in [-0.15, -0.1) is 0 Å². The number of carbonyl (C=O) groups excluding carboxylic acids is 1. The highest BCUT2D eigenvalue weighted by atomic mass is 16.6. The maximum atomic E-state index is 12.5. The zero-order valence-corrected chi connectivity index (χ0v) is 18.5. The molecule has 3 fully saturated rings. The number of hydrogen-bond acceptors (Lipinski definition) is 4. The van der Waals surface area contributed by atoms with Gasteiger partial charge in [0.2, 0.25) is 5.91 Å². The number of amides is 1. The normalized spacial score (nSPS) is 34.1. The fraction of sp³-hybridized carbons (Fsp3) is 0.957. The molecule has 0 aromatic heterocycles. The summed E-state index contributed by atoms with van der Waals surface area (Å²) in [5.41, 5.74) is 0.0529. The number of hydrogen-bond donors (Lipinski definition) is 1. The second-order valence-electron chi connectivity index (χ2n) is 9.98. The van der Waals surface area contributed by atoms with Crippen molar-refractivity contribution in [2.45, 2.75) is 89.9 Å². The summed E-state index contributed by atoms with van der Waals surface area (Å²) in [6.45, 7) is 10.4. The van der Waals surface area contributed by atoms with Crippen molar-refractivity contribution < 1.29 is 14.3 Å². The highest BCUT2D eigenvalue weighted by Crippen LogP contribution is 2.50. The van der Waals surface area contributed by atoms with Crippen LogP contribution in [0.5, 0.6) is 0 Å². The van der Waals surface area contributed by atoms with Gasteiger partial charge in [0.1, 0.15) is 0 Å². The van der Waals surface area contributed by atoms with Crippen molar-refractivity contribution in [2.75, 3.05) is 33.4 Å². The molecule has 2 saturated heterocycles. The van der Waals surface area contributed by atoms with Gasteiger partial charge >= 0.3 is 0 Å². The Labute approximate surface area is 171 Å². The maximum absolute atomic E-state index is 12.5. The molecule has 5 unspecified atom stereocenters. The van der Waals surface area contributed by atoms with E-state index in [1.54, 1.807) is 0 Å². The molecule has 1 spiro atoms. The van der Waals surface area contributed by atoms with Gasteiger partial charge in [-0.25, -0.2) is 0 Å². The lowest BCUT2D eigenvalue weighted by Gasteiger charge is -2.37. The van der Waals surface area contributed by atoms with E-state index in [2.05, 4.69) is 38.0 Å². The summed E-state index contributed by atoms with van der Waals surface area (Å²) < 4.78 is 12.1. The van der Waals surface area contributed by atoms with Crippen LogP contribution in [0.3, 0.4) is 0 Å². The van der Waals surface area contributed by atoms with Crippen molar-refractivity contribution >= 4 is 5.91 Å². The van der Waals surface area contributed by atoms with Crippen molar-refractivity contribution in [1.29, 1.82) is 0 Å². The summed E-state index contributed by atoms with van der Waals surface area (Å²) in [6.07, 6.45) is 8.86. The van der Waals surface area contributed by atoms with Crippen molar-refractivity contribution in [3.05, 3.63) is 0 Å². The largest absolute Gasteiger partial charge is 0.378 e. The van der Waals surface area contributed by atoms with Gasteiger partial charge in [0.15, 0.2) is 0 Å². The van der Waals surface area contributed by atoms with Gasteiger partial charge in [0, 0.05) is 31.5 Å². The third-order valence-corrected chi connectivity index (χ3v) is 7.34. The van der Waals surface area contributed by atoms with Gasteiger partial charge in [0.05, 0.1) is 18.3 Å². The van der Waals surface area contributed by atoms with E-state index < -0.39 is 0 Å². The summed E-state index contributed by atoms with van der Waals surface area (Å²) in [5.74, 6) is 1.79. The van der Waals surface area contributed by atoms with Crippen LogP contribution >= 0.6 is 0 Å². The number of carbonyl (C=O) groups is 1. The molecular formula is C23H42N2O3. The molecule has 0 radical (unpaired) electrons. The Morgan fingerprint density at radius 3 is 2.75 bits per heavy atom. The molecule has 0 bridgehead atoms. The molecule has 28 heavy (non-hydrogen) atoms. The van der Waals surface area contributed by atoms with E-state index >= 15 is 0 Å². The average molecular weight is 395 g/mol. The van der Waals surface area contributed by atoms with Crippen LogP contribution in [0.25, 0.3) is 0 Å². The molecule has 1 amide bonds. The fourth-order valence-corrected chi connectivity index (χ4v) is 5.24. The first-order valence-corrected chi connectivity index (χ1v) is 11.6. The SMILES string of the molecule is CC(C)CCOC(C)C1CC(CC(=O)NCCC2CCCN2C)CCC12CO2. The molecule has 5 heteroatoms. The van der Waals surface area contributed by atoms with Crippen LogP contribution in [0.1, 0.15) is 72.1 Å². The topological polar surface area (TPSA) is 54.1 Å². The third kappa shape index (κ3) is 5.93. The number of epoxide rings is 1. The third-order valence-electron chi connectivity index (χ3n) is 7.34. The minimum absolute atomic E-state index is 0.0529. The minimum Gasteiger partial charge on any atom is -0.378 e. The second-order valence-corrected chi connectivity index (χ2v) is 9.98. The predicted octanol–water partition coefficient (Wildman–Crippen LogP) is 3.61. The van der Waals surface area contributed by atoms with Crippen LogP contribution in [0, 0.1) is 17.8 Å². The Kier molecular flexibility index (Phi) is 7.80. The minimum atomic E-state index is 0.0529. The Balaban J connectivity index is 1.40. The zero-order chi connectivity index (χ0) is 20.1. The lowest BCUT2D eigenvalue weighted by molar-refractivity contribution is -0.123. The summed E-state index contributed by atoms with van der Waals surface area (Å²) in [4.78, 5) is 14.9. The van der Waals surface area contributed by atoms with E-state index in [0.717, 1.165) is 51.9 Å². The Morgan fingerprint density at radius 1 is 1.32 bits per heavy atom. The van der Waals surface area contributed by atoms with E-state index in [1.807, 2.05) is 0 Å². The molecular weight excluding hydrogens is 352 g/mol. The van der Waals surface area contributed by atoms with Crippen LogP contribution < -0.4 is 5.32 Å². The van der Waals surface area contributed by atoms with Crippen LogP contribution in [-0.2, 0) is 14.3 Å². The quantitative estimate of drug-likeness (QED) is 0.575. The van der Waals surface area contributed by atoms with E-state index in [0.29, 0.717) is 30.2 Å². The van der Waals surface area contributed by atoms with Crippen molar-refractivity contribution in [1.82, 2.24) is 10.2 Å². The molecule has 5 nitrogen and oxygen atoms in total. The van der Waals surface area contributed by atoms with E-state index in [4.69, 9.17) is 9.47 Å². The molecule has 5 atom stereocenters. The summed E-state index contributed by atoms with van der Waals surface area (Å²) in [7, 11) is 2.20. The Hall–Kier alpha value is -0.650. The number of ether oxygens (including phenoxy) is 2. The highest BCUT2D eigenvalue weighted by molar-refractivity contribution is 5.76. The molecule has 1 aliphatic carbocycles. The lowest BCUT2D eigenvalue weighted by Crippen LogP contribution is -2.41. The molecule has 162 valence electrons. The Morgan fingerprint density at radius 2 is 2.11 bits per heavy atom. The fourth-order valence-electron chi connectivity index (χ4n) is 5.24. The van der Waals surface area contributed by atoms with Gasteiger partial charge in [-0.05, 0) is 77.3 Å². The average Bonchev–Trinajstić information content (AvgIpc) is 3.30. The van der Waals surface area contributed by atoms with Crippen LogP contribution in [0.2, 0.25) is 0 Å². The van der Waals surface area contributed by atoms with Gasteiger partial charge < -0.3 is 19.7 Å². The smallest absolute Gasteiger partial charge is 0.220 e. The molecule has 0 aromatic rings.